The molecule has 2 nitrogen and oxygen atoms in total. The summed E-state index contributed by atoms with van der Waals surface area (Å²) in [6, 6.07) is 0. The van der Waals surface area contributed by atoms with E-state index in [4.69, 9.17) is 5.11 Å². The van der Waals surface area contributed by atoms with E-state index in [1.54, 1.807) is 6.92 Å². The fraction of sp³-hybridized carbons (Fsp3) is 0.769. The molecule has 15 heavy (non-hydrogen) atoms. The summed E-state index contributed by atoms with van der Waals surface area (Å²) < 4.78 is 0. The normalized spacial score (nSPS) is 14.3. The Morgan fingerprint density at radius 1 is 1.40 bits per heavy atom. The average molecular weight is 212 g/mol. The van der Waals surface area contributed by atoms with Crippen molar-refractivity contribution in [2.24, 2.45) is 11.8 Å². The first-order chi connectivity index (χ1) is 6.97. The Labute approximate surface area is 93.4 Å². The van der Waals surface area contributed by atoms with Gasteiger partial charge in [-0.3, -0.25) is 0 Å². The van der Waals surface area contributed by atoms with Gasteiger partial charge in [0.1, 0.15) is 0 Å². The van der Waals surface area contributed by atoms with Crippen LogP contribution in [0, 0.1) is 11.8 Å². The smallest absolute Gasteiger partial charge is 0.330 e. The van der Waals surface area contributed by atoms with Crippen LogP contribution in [0.4, 0.5) is 0 Å². The molecule has 0 bridgehead atoms. The largest absolute Gasteiger partial charge is 0.478 e. The predicted molar refractivity (Wildman–Crippen MR) is 63.9 cm³/mol. The molecule has 0 heterocycles. The highest BCUT2D eigenvalue weighted by Crippen LogP contribution is 2.21. The molecule has 0 aliphatic heterocycles. The monoisotopic (exact) mass is 212 g/mol. The molecule has 0 aromatic heterocycles. The second kappa shape index (κ2) is 7.49. The van der Waals surface area contributed by atoms with Gasteiger partial charge in [0.25, 0.3) is 0 Å². The molecular formula is C13H24O2. The first-order valence-corrected chi connectivity index (χ1v) is 5.87. The summed E-state index contributed by atoms with van der Waals surface area (Å²) in [6.07, 6.45) is 6.34. The van der Waals surface area contributed by atoms with Gasteiger partial charge < -0.3 is 5.11 Å². The molecule has 1 unspecified atom stereocenters. The van der Waals surface area contributed by atoms with Gasteiger partial charge in [-0.25, -0.2) is 4.79 Å². The molecule has 0 saturated heterocycles. The van der Waals surface area contributed by atoms with Crippen molar-refractivity contribution in [3.8, 4) is 0 Å². The van der Waals surface area contributed by atoms with E-state index >= 15 is 0 Å². The molecule has 0 aromatic carbocycles. The number of carboxylic acids is 1. The van der Waals surface area contributed by atoms with E-state index < -0.39 is 5.97 Å². The quantitative estimate of drug-likeness (QED) is 0.650. The molecule has 0 fully saturated rings. The highest BCUT2D eigenvalue weighted by atomic mass is 16.4. The minimum atomic E-state index is -0.796. The van der Waals surface area contributed by atoms with Crippen molar-refractivity contribution >= 4 is 5.97 Å². The summed E-state index contributed by atoms with van der Waals surface area (Å²) in [5.41, 5.74) is 0.472. The Kier molecular flexibility index (Phi) is 7.10. The Bertz CT molecular complexity index is 217. The minimum Gasteiger partial charge on any atom is -0.478 e. The summed E-state index contributed by atoms with van der Waals surface area (Å²) in [7, 11) is 0. The number of hydrogen-bond acceptors (Lipinski definition) is 1. The summed E-state index contributed by atoms with van der Waals surface area (Å²) in [4.78, 5) is 10.6. The maximum absolute atomic E-state index is 10.6. The van der Waals surface area contributed by atoms with E-state index in [9.17, 15) is 4.79 Å². The van der Waals surface area contributed by atoms with Gasteiger partial charge in [0.05, 0.1) is 0 Å². The fourth-order valence-corrected chi connectivity index (χ4v) is 1.84. The van der Waals surface area contributed by atoms with Crippen LogP contribution in [0.3, 0.4) is 0 Å². The second-order valence-corrected chi connectivity index (χ2v) is 4.71. The number of carbonyl (C=O) groups is 1. The van der Waals surface area contributed by atoms with E-state index in [0.717, 1.165) is 6.42 Å². The van der Waals surface area contributed by atoms with Crippen LogP contribution in [-0.4, -0.2) is 11.1 Å². The third-order valence-electron chi connectivity index (χ3n) is 2.60. The zero-order valence-corrected chi connectivity index (χ0v) is 10.4. The van der Waals surface area contributed by atoms with E-state index in [0.29, 0.717) is 17.4 Å². The molecule has 88 valence electrons. The van der Waals surface area contributed by atoms with Crippen molar-refractivity contribution in [2.45, 2.75) is 53.4 Å². The summed E-state index contributed by atoms with van der Waals surface area (Å²) in [5.74, 6) is 0.541. The van der Waals surface area contributed by atoms with Crippen molar-refractivity contribution in [1.82, 2.24) is 0 Å². The zero-order valence-electron chi connectivity index (χ0n) is 10.4. The summed E-state index contributed by atoms with van der Waals surface area (Å²) in [5, 5.41) is 8.74. The molecule has 0 radical (unpaired) electrons. The molecular weight excluding hydrogens is 188 g/mol. The topological polar surface area (TPSA) is 37.3 Å². The molecule has 0 spiro atoms. The van der Waals surface area contributed by atoms with Gasteiger partial charge in [-0.05, 0) is 31.6 Å². The molecule has 0 saturated carbocycles. The molecule has 0 amide bonds. The van der Waals surface area contributed by atoms with Crippen LogP contribution in [0.25, 0.3) is 0 Å². The van der Waals surface area contributed by atoms with Gasteiger partial charge in [0.15, 0.2) is 0 Å². The van der Waals surface area contributed by atoms with Crippen LogP contribution in [0.15, 0.2) is 11.6 Å². The minimum absolute atomic E-state index is 0.472. The van der Waals surface area contributed by atoms with Crippen molar-refractivity contribution in [2.75, 3.05) is 0 Å². The van der Waals surface area contributed by atoms with Gasteiger partial charge in [-0.1, -0.05) is 39.7 Å². The first kappa shape index (κ1) is 14.2. The standard InChI is InChI=1S/C13H24O2/c1-5-6-12(9-10(2)3)8-7-11(4)13(14)15/h7,10,12H,5-6,8-9H2,1-4H3,(H,14,15). The van der Waals surface area contributed by atoms with Crippen LogP contribution < -0.4 is 0 Å². The predicted octanol–water partition coefficient (Wildman–Crippen LogP) is 3.87. The Morgan fingerprint density at radius 2 is 2.00 bits per heavy atom. The number of hydrogen-bond donors (Lipinski definition) is 1. The van der Waals surface area contributed by atoms with Crippen molar-refractivity contribution in [3.05, 3.63) is 11.6 Å². The van der Waals surface area contributed by atoms with E-state index in [-0.39, 0.29) is 0 Å². The number of aliphatic carboxylic acids is 1. The van der Waals surface area contributed by atoms with Crippen molar-refractivity contribution in [1.29, 1.82) is 0 Å². The summed E-state index contributed by atoms with van der Waals surface area (Å²) in [6.45, 7) is 8.29. The number of carboxylic acid groups (broad SMARTS) is 1. The Morgan fingerprint density at radius 3 is 2.40 bits per heavy atom. The lowest BCUT2D eigenvalue weighted by Gasteiger charge is -2.16. The van der Waals surface area contributed by atoms with Crippen LogP contribution >= 0.6 is 0 Å². The lowest BCUT2D eigenvalue weighted by atomic mass is 9.90. The lowest BCUT2D eigenvalue weighted by Crippen LogP contribution is -2.05. The number of rotatable bonds is 7. The maximum Gasteiger partial charge on any atom is 0.330 e. The Hall–Kier alpha value is -0.790. The van der Waals surface area contributed by atoms with Gasteiger partial charge in [-0.2, -0.15) is 0 Å². The van der Waals surface area contributed by atoms with Gasteiger partial charge in [0, 0.05) is 5.57 Å². The highest BCUT2D eigenvalue weighted by Gasteiger charge is 2.09. The van der Waals surface area contributed by atoms with Crippen molar-refractivity contribution < 1.29 is 9.90 Å². The third-order valence-corrected chi connectivity index (χ3v) is 2.60. The van der Waals surface area contributed by atoms with Crippen LogP contribution in [0.1, 0.15) is 53.4 Å². The average Bonchev–Trinajstić information content (AvgIpc) is 2.13. The molecule has 1 N–H and O–H groups in total. The van der Waals surface area contributed by atoms with Crippen LogP contribution in [0.5, 0.6) is 0 Å². The first-order valence-electron chi connectivity index (χ1n) is 5.87. The number of allylic oxidation sites excluding steroid dienone is 1. The van der Waals surface area contributed by atoms with E-state index in [1.807, 2.05) is 6.08 Å². The van der Waals surface area contributed by atoms with Crippen LogP contribution in [-0.2, 0) is 4.79 Å². The fourth-order valence-electron chi connectivity index (χ4n) is 1.84. The summed E-state index contributed by atoms with van der Waals surface area (Å²) >= 11 is 0. The molecule has 0 rings (SSSR count). The van der Waals surface area contributed by atoms with Crippen LogP contribution in [0.2, 0.25) is 0 Å². The van der Waals surface area contributed by atoms with Gasteiger partial charge >= 0.3 is 5.97 Å². The SMILES string of the molecule is CCCC(CC=C(C)C(=O)O)CC(C)C. The molecule has 1 atom stereocenters. The highest BCUT2D eigenvalue weighted by molar-refractivity contribution is 5.85. The molecule has 2 heteroatoms. The zero-order chi connectivity index (χ0) is 11.8. The van der Waals surface area contributed by atoms with E-state index in [1.165, 1.54) is 19.3 Å². The maximum atomic E-state index is 10.6. The molecule has 0 aromatic rings. The van der Waals surface area contributed by atoms with Crippen molar-refractivity contribution in [3.63, 3.8) is 0 Å². The Balaban J connectivity index is 4.16. The van der Waals surface area contributed by atoms with Gasteiger partial charge in [-0.15, -0.1) is 0 Å². The second-order valence-electron chi connectivity index (χ2n) is 4.71. The van der Waals surface area contributed by atoms with E-state index in [2.05, 4.69) is 20.8 Å². The molecule has 0 aliphatic rings. The van der Waals surface area contributed by atoms with Gasteiger partial charge in [0.2, 0.25) is 0 Å². The lowest BCUT2D eigenvalue weighted by molar-refractivity contribution is -0.132. The molecule has 0 aliphatic carbocycles. The third kappa shape index (κ3) is 7.18.